The third-order valence-electron chi connectivity index (χ3n) is 6.60. The maximum Gasteiger partial charge on any atom is 0.194 e. The number of nitrogens with zero attached hydrogens (tertiary/aromatic N) is 4. The van der Waals surface area contributed by atoms with E-state index in [-0.39, 0.29) is 24.0 Å². The van der Waals surface area contributed by atoms with Crippen molar-refractivity contribution < 1.29 is 4.42 Å². The standard InChI is InChI=1S/C26H39N5O.HI/c1-3-27-26(31-15-12-22(19-31)18-30-13-6-7-14-30)28-17-23-9-4-5-10-24(23)20-29(2)21-25-11-8-16-32-25;/h4-5,8-11,16,22H,3,6-7,12-15,17-21H2,1-2H3,(H,27,28);1H. The second-order valence-corrected chi connectivity index (χ2v) is 9.30. The third-order valence-corrected chi connectivity index (χ3v) is 6.60. The van der Waals surface area contributed by atoms with Crippen molar-refractivity contribution >= 4 is 29.9 Å². The fourth-order valence-electron chi connectivity index (χ4n) is 4.97. The highest BCUT2D eigenvalue weighted by Crippen LogP contribution is 2.21. The van der Waals surface area contributed by atoms with Crippen molar-refractivity contribution in [3.63, 3.8) is 0 Å². The summed E-state index contributed by atoms with van der Waals surface area (Å²) in [6.07, 6.45) is 5.75. The van der Waals surface area contributed by atoms with Gasteiger partial charge in [-0.05, 0) is 75.5 Å². The van der Waals surface area contributed by atoms with E-state index in [1.165, 1.54) is 50.0 Å². The van der Waals surface area contributed by atoms with Crippen LogP contribution in [-0.2, 0) is 19.6 Å². The number of hydrogen-bond donors (Lipinski definition) is 1. The summed E-state index contributed by atoms with van der Waals surface area (Å²) >= 11 is 0. The highest BCUT2D eigenvalue weighted by atomic mass is 127. The summed E-state index contributed by atoms with van der Waals surface area (Å²) in [5.74, 6) is 2.82. The molecule has 1 aromatic carbocycles. The first-order valence-electron chi connectivity index (χ1n) is 12.2. The molecule has 2 aliphatic heterocycles. The Kier molecular flexibility index (Phi) is 10.5. The van der Waals surface area contributed by atoms with Gasteiger partial charge in [-0.25, -0.2) is 4.99 Å². The highest BCUT2D eigenvalue weighted by molar-refractivity contribution is 14.0. The molecule has 0 bridgehead atoms. The Morgan fingerprint density at radius 2 is 1.88 bits per heavy atom. The molecule has 3 heterocycles. The number of guanidine groups is 1. The minimum absolute atomic E-state index is 0. The van der Waals surface area contributed by atoms with E-state index in [1.54, 1.807) is 6.26 Å². The second-order valence-electron chi connectivity index (χ2n) is 9.30. The fourth-order valence-corrected chi connectivity index (χ4v) is 4.97. The summed E-state index contributed by atoms with van der Waals surface area (Å²) in [6, 6.07) is 12.7. The third kappa shape index (κ3) is 7.72. The number of furan rings is 1. The number of aliphatic imine (C=N–C) groups is 1. The monoisotopic (exact) mass is 565 g/mol. The topological polar surface area (TPSA) is 47.3 Å². The maximum atomic E-state index is 5.50. The summed E-state index contributed by atoms with van der Waals surface area (Å²) < 4.78 is 5.50. The van der Waals surface area contributed by atoms with Gasteiger partial charge in [0, 0.05) is 32.7 Å². The first kappa shape index (κ1) is 26.0. The lowest BCUT2D eigenvalue weighted by atomic mass is 10.1. The predicted molar refractivity (Wildman–Crippen MR) is 146 cm³/mol. The summed E-state index contributed by atoms with van der Waals surface area (Å²) in [5.41, 5.74) is 2.62. The highest BCUT2D eigenvalue weighted by Gasteiger charge is 2.27. The number of hydrogen-bond acceptors (Lipinski definition) is 4. The Bertz CT molecular complexity index is 850. The van der Waals surface area contributed by atoms with E-state index in [2.05, 4.69) is 58.3 Å². The molecule has 0 amide bonds. The molecular formula is C26H40IN5O. The minimum Gasteiger partial charge on any atom is -0.468 e. The van der Waals surface area contributed by atoms with E-state index in [4.69, 9.17) is 9.41 Å². The van der Waals surface area contributed by atoms with Crippen molar-refractivity contribution in [3.05, 3.63) is 59.5 Å². The lowest BCUT2D eigenvalue weighted by Crippen LogP contribution is -2.40. The molecule has 7 heteroatoms. The fraction of sp³-hybridized carbons (Fsp3) is 0.577. The summed E-state index contributed by atoms with van der Waals surface area (Å²) in [7, 11) is 2.14. The largest absolute Gasteiger partial charge is 0.468 e. The van der Waals surface area contributed by atoms with Gasteiger partial charge in [0.15, 0.2) is 5.96 Å². The van der Waals surface area contributed by atoms with Gasteiger partial charge < -0.3 is 19.5 Å². The number of nitrogens with one attached hydrogen (secondary N) is 1. The second kappa shape index (κ2) is 13.3. The lowest BCUT2D eigenvalue weighted by molar-refractivity contribution is 0.281. The zero-order chi connectivity index (χ0) is 22.2. The maximum absolute atomic E-state index is 5.50. The Morgan fingerprint density at radius 1 is 1.09 bits per heavy atom. The number of likely N-dealkylation sites (tertiary alicyclic amines) is 2. The summed E-state index contributed by atoms with van der Waals surface area (Å²) in [4.78, 5) is 12.5. The van der Waals surface area contributed by atoms with Crippen molar-refractivity contribution in [3.8, 4) is 0 Å². The van der Waals surface area contributed by atoms with Crippen LogP contribution < -0.4 is 5.32 Å². The van der Waals surface area contributed by atoms with E-state index in [9.17, 15) is 0 Å². The van der Waals surface area contributed by atoms with Crippen LogP contribution in [0.4, 0.5) is 0 Å². The van der Waals surface area contributed by atoms with Crippen LogP contribution in [0.15, 0.2) is 52.1 Å². The molecule has 6 nitrogen and oxygen atoms in total. The lowest BCUT2D eigenvalue weighted by Gasteiger charge is -2.23. The molecule has 1 unspecified atom stereocenters. The van der Waals surface area contributed by atoms with Gasteiger partial charge in [0.1, 0.15) is 5.76 Å². The van der Waals surface area contributed by atoms with Gasteiger partial charge in [-0.2, -0.15) is 0 Å². The van der Waals surface area contributed by atoms with Gasteiger partial charge in [-0.1, -0.05) is 24.3 Å². The normalized spacial score (nSPS) is 19.3. The van der Waals surface area contributed by atoms with Gasteiger partial charge in [0.05, 0.1) is 19.4 Å². The van der Waals surface area contributed by atoms with Crippen LogP contribution in [-0.4, -0.2) is 67.0 Å². The van der Waals surface area contributed by atoms with E-state index in [0.717, 1.165) is 50.4 Å². The quantitative estimate of drug-likeness (QED) is 0.277. The SMILES string of the molecule is CCNC(=NCc1ccccc1CN(C)Cc1ccco1)N1CCC(CN2CCCC2)C1.I. The zero-order valence-corrected chi connectivity index (χ0v) is 22.5. The van der Waals surface area contributed by atoms with Crippen molar-refractivity contribution in [2.24, 2.45) is 10.9 Å². The van der Waals surface area contributed by atoms with Gasteiger partial charge in [0.25, 0.3) is 0 Å². The molecule has 1 atom stereocenters. The minimum atomic E-state index is 0. The molecule has 1 N–H and O–H groups in total. The molecule has 0 spiro atoms. The van der Waals surface area contributed by atoms with E-state index >= 15 is 0 Å². The summed E-state index contributed by atoms with van der Waals surface area (Å²) in [6.45, 7) is 11.5. The zero-order valence-electron chi connectivity index (χ0n) is 20.2. The number of halogens is 1. The van der Waals surface area contributed by atoms with E-state index in [1.807, 2.05) is 12.1 Å². The van der Waals surface area contributed by atoms with Crippen LogP contribution in [0.2, 0.25) is 0 Å². The van der Waals surface area contributed by atoms with Gasteiger partial charge >= 0.3 is 0 Å². The molecule has 0 saturated carbocycles. The van der Waals surface area contributed by atoms with Crippen LogP contribution >= 0.6 is 24.0 Å². The average molecular weight is 566 g/mol. The molecule has 4 rings (SSSR count). The van der Waals surface area contributed by atoms with E-state index < -0.39 is 0 Å². The van der Waals surface area contributed by atoms with Crippen LogP contribution in [0.3, 0.4) is 0 Å². The molecule has 2 saturated heterocycles. The van der Waals surface area contributed by atoms with Gasteiger partial charge in [0.2, 0.25) is 0 Å². The number of benzene rings is 1. The van der Waals surface area contributed by atoms with Crippen molar-refractivity contribution in [1.82, 2.24) is 20.0 Å². The molecule has 1 aromatic heterocycles. The van der Waals surface area contributed by atoms with Gasteiger partial charge in [-0.15, -0.1) is 24.0 Å². The molecule has 2 aliphatic rings. The Morgan fingerprint density at radius 3 is 2.61 bits per heavy atom. The average Bonchev–Trinajstić information content (AvgIpc) is 3.56. The molecule has 182 valence electrons. The van der Waals surface area contributed by atoms with Crippen LogP contribution in [0, 0.1) is 5.92 Å². The molecular weight excluding hydrogens is 525 g/mol. The van der Waals surface area contributed by atoms with Crippen molar-refractivity contribution in [2.45, 2.75) is 45.8 Å². The number of rotatable bonds is 9. The van der Waals surface area contributed by atoms with Crippen LogP contribution in [0.5, 0.6) is 0 Å². The van der Waals surface area contributed by atoms with Crippen molar-refractivity contribution in [2.75, 3.05) is 46.3 Å². The van der Waals surface area contributed by atoms with Crippen LogP contribution in [0.1, 0.15) is 43.1 Å². The summed E-state index contributed by atoms with van der Waals surface area (Å²) in [5, 5.41) is 3.54. The molecule has 0 aliphatic carbocycles. The Balaban J connectivity index is 0.00000306. The van der Waals surface area contributed by atoms with E-state index in [0.29, 0.717) is 6.54 Å². The van der Waals surface area contributed by atoms with Gasteiger partial charge in [-0.3, -0.25) is 4.90 Å². The predicted octanol–water partition coefficient (Wildman–Crippen LogP) is 4.41. The molecule has 33 heavy (non-hydrogen) atoms. The Hall–Kier alpha value is -1.58. The molecule has 2 fully saturated rings. The first-order chi connectivity index (χ1) is 15.7. The first-order valence-corrected chi connectivity index (χ1v) is 12.2. The van der Waals surface area contributed by atoms with Crippen LogP contribution in [0.25, 0.3) is 0 Å². The van der Waals surface area contributed by atoms with Crippen molar-refractivity contribution in [1.29, 1.82) is 0 Å². The smallest absolute Gasteiger partial charge is 0.194 e. The Labute approximate surface area is 216 Å². The molecule has 0 radical (unpaired) electrons. The molecule has 2 aromatic rings.